The van der Waals surface area contributed by atoms with Gasteiger partial charge in [0.05, 0.1) is 0 Å². The monoisotopic (exact) mass is 428 g/mol. The van der Waals surface area contributed by atoms with Crippen LogP contribution in [0.5, 0.6) is 0 Å². The van der Waals surface area contributed by atoms with E-state index < -0.39 is 29.7 Å². The Hall–Kier alpha value is -3.00. The molecule has 1 saturated heterocycles. The van der Waals surface area contributed by atoms with Gasteiger partial charge in [-0.1, -0.05) is 36.8 Å². The molecule has 0 spiro atoms. The van der Waals surface area contributed by atoms with Crippen LogP contribution in [-0.2, 0) is 25.7 Å². The van der Waals surface area contributed by atoms with E-state index in [4.69, 9.17) is 4.74 Å². The highest BCUT2D eigenvalue weighted by molar-refractivity contribution is 7.08. The quantitative estimate of drug-likeness (QED) is 0.660. The predicted molar refractivity (Wildman–Crippen MR) is 112 cm³/mol. The molecule has 2 heterocycles. The molecular weight excluding hydrogens is 404 g/mol. The number of nitrogens with one attached hydrogen (secondary N) is 2. The van der Waals surface area contributed by atoms with Crippen LogP contribution in [0.3, 0.4) is 0 Å². The van der Waals surface area contributed by atoms with E-state index in [-0.39, 0.29) is 18.8 Å². The van der Waals surface area contributed by atoms with Crippen molar-refractivity contribution in [2.24, 2.45) is 5.92 Å². The maximum Gasteiger partial charge on any atom is 0.408 e. The summed E-state index contributed by atoms with van der Waals surface area (Å²) >= 11 is 1.40. The van der Waals surface area contributed by atoms with Gasteiger partial charge in [0.25, 0.3) is 5.91 Å². The van der Waals surface area contributed by atoms with Crippen molar-refractivity contribution in [3.63, 3.8) is 0 Å². The minimum atomic E-state index is -0.930. The van der Waals surface area contributed by atoms with Crippen molar-refractivity contribution in [3.8, 4) is 0 Å². The van der Waals surface area contributed by atoms with E-state index in [9.17, 15) is 19.2 Å². The maximum absolute atomic E-state index is 13.0. The molecule has 0 bridgehead atoms. The van der Waals surface area contributed by atoms with Crippen LogP contribution in [0, 0.1) is 5.92 Å². The lowest BCUT2D eigenvalue weighted by atomic mass is 9.87. The minimum absolute atomic E-state index is 0.0818. The van der Waals surface area contributed by atoms with Gasteiger partial charge in [0.1, 0.15) is 12.6 Å². The van der Waals surface area contributed by atoms with Crippen molar-refractivity contribution >= 4 is 34.9 Å². The molecule has 158 valence electrons. The summed E-state index contributed by atoms with van der Waals surface area (Å²) in [5.41, 5.74) is 1.46. The van der Waals surface area contributed by atoms with Crippen molar-refractivity contribution in [3.05, 3.63) is 58.3 Å². The predicted octanol–water partition coefficient (Wildman–Crippen LogP) is 3.16. The van der Waals surface area contributed by atoms with E-state index in [1.165, 1.54) is 11.3 Å². The molecular formula is C22H24N2O5S. The lowest BCUT2D eigenvalue weighted by molar-refractivity contribution is -0.141. The number of carbonyl (C=O) groups is 4. The van der Waals surface area contributed by atoms with E-state index in [0.717, 1.165) is 18.4 Å². The summed E-state index contributed by atoms with van der Waals surface area (Å²) in [4.78, 5) is 49.6. The molecule has 2 N–H and O–H groups in total. The van der Waals surface area contributed by atoms with Crippen molar-refractivity contribution in [1.82, 2.24) is 10.6 Å². The van der Waals surface area contributed by atoms with Gasteiger partial charge in [-0.2, -0.15) is 11.3 Å². The molecule has 2 unspecified atom stereocenters. The molecule has 1 fully saturated rings. The lowest BCUT2D eigenvalue weighted by Gasteiger charge is -2.21. The van der Waals surface area contributed by atoms with Crippen molar-refractivity contribution in [2.75, 3.05) is 6.54 Å². The fourth-order valence-electron chi connectivity index (χ4n) is 3.35. The first-order chi connectivity index (χ1) is 14.5. The standard InChI is InChI=1S/C22H24N2O5S/c25-18(12-16-8-4-5-10-23-21(27)20(16)26)19(17-9-11-30-14-17)24-22(28)29-13-15-6-2-1-3-7-15/h1-3,6-7,9,11,14,16,19H,4-5,8,10,12-13H2,(H,23,27)(H,24,28). The molecule has 8 heteroatoms. The van der Waals surface area contributed by atoms with Crippen LogP contribution in [0.25, 0.3) is 0 Å². The number of ether oxygens (including phenoxy) is 1. The van der Waals surface area contributed by atoms with Crippen LogP contribution >= 0.6 is 11.3 Å². The van der Waals surface area contributed by atoms with Crippen molar-refractivity contribution in [2.45, 2.75) is 38.3 Å². The van der Waals surface area contributed by atoms with E-state index in [1.807, 2.05) is 30.3 Å². The second-order valence-corrected chi connectivity index (χ2v) is 7.96. The number of amides is 2. The summed E-state index contributed by atoms with van der Waals surface area (Å²) in [7, 11) is 0. The summed E-state index contributed by atoms with van der Waals surface area (Å²) in [5.74, 6) is -2.22. The van der Waals surface area contributed by atoms with Gasteiger partial charge in [0, 0.05) is 18.9 Å². The molecule has 0 aliphatic carbocycles. The molecule has 2 aromatic rings. The fourth-order valence-corrected chi connectivity index (χ4v) is 4.03. The minimum Gasteiger partial charge on any atom is -0.445 e. The van der Waals surface area contributed by atoms with Crippen LogP contribution in [0.2, 0.25) is 0 Å². The second kappa shape index (κ2) is 10.7. The van der Waals surface area contributed by atoms with Crippen molar-refractivity contribution in [1.29, 1.82) is 0 Å². The Labute approximate surface area is 178 Å². The van der Waals surface area contributed by atoms with E-state index >= 15 is 0 Å². The number of rotatable bonds is 7. The molecule has 1 aliphatic heterocycles. The highest BCUT2D eigenvalue weighted by Gasteiger charge is 2.32. The number of Topliss-reactive ketones (excluding diaryl/α,β-unsaturated/α-hetero) is 2. The van der Waals surface area contributed by atoms with Crippen LogP contribution in [-0.4, -0.2) is 30.1 Å². The average Bonchev–Trinajstić information content (AvgIpc) is 3.28. The fraction of sp³-hybridized carbons (Fsp3) is 0.364. The average molecular weight is 429 g/mol. The largest absolute Gasteiger partial charge is 0.445 e. The van der Waals surface area contributed by atoms with Crippen LogP contribution in [0.1, 0.15) is 42.9 Å². The molecule has 30 heavy (non-hydrogen) atoms. The number of alkyl carbamates (subject to hydrolysis) is 1. The Bertz CT molecular complexity index is 882. The summed E-state index contributed by atoms with van der Waals surface area (Å²) in [6.07, 6.45) is 1.17. The molecule has 0 radical (unpaired) electrons. The van der Waals surface area contributed by atoms with Crippen LogP contribution < -0.4 is 10.6 Å². The zero-order valence-electron chi connectivity index (χ0n) is 16.5. The topological polar surface area (TPSA) is 102 Å². The number of hydrogen-bond donors (Lipinski definition) is 2. The normalized spacial score (nSPS) is 17.9. The molecule has 7 nitrogen and oxygen atoms in total. The Morgan fingerprint density at radius 3 is 2.70 bits per heavy atom. The van der Waals surface area contributed by atoms with Gasteiger partial charge < -0.3 is 15.4 Å². The first-order valence-corrected chi connectivity index (χ1v) is 10.8. The molecule has 3 rings (SSSR count). The third-order valence-corrected chi connectivity index (χ3v) is 5.68. The molecule has 1 aliphatic rings. The number of benzene rings is 1. The van der Waals surface area contributed by atoms with Gasteiger partial charge >= 0.3 is 6.09 Å². The number of hydrogen-bond acceptors (Lipinski definition) is 6. The zero-order valence-corrected chi connectivity index (χ0v) is 17.3. The highest BCUT2D eigenvalue weighted by atomic mass is 32.1. The van der Waals surface area contributed by atoms with Gasteiger partial charge in [0.2, 0.25) is 5.78 Å². The van der Waals surface area contributed by atoms with E-state index in [0.29, 0.717) is 18.5 Å². The summed E-state index contributed by atoms with van der Waals surface area (Å²) in [5, 5.41) is 8.77. The van der Waals surface area contributed by atoms with Gasteiger partial charge in [-0.3, -0.25) is 14.4 Å². The first kappa shape index (κ1) is 21.7. The second-order valence-electron chi connectivity index (χ2n) is 7.18. The van der Waals surface area contributed by atoms with Crippen molar-refractivity contribution < 1.29 is 23.9 Å². The molecule has 2 atom stereocenters. The lowest BCUT2D eigenvalue weighted by Crippen LogP contribution is -2.40. The molecule has 0 saturated carbocycles. The van der Waals surface area contributed by atoms with Crippen LogP contribution in [0.15, 0.2) is 47.2 Å². The summed E-state index contributed by atoms with van der Waals surface area (Å²) in [6, 6.07) is 10.0. The summed E-state index contributed by atoms with van der Waals surface area (Å²) in [6.45, 7) is 0.552. The third kappa shape index (κ3) is 6.00. The first-order valence-electron chi connectivity index (χ1n) is 9.88. The number of ketones is 2. The Kier molecular flexibility index (Phi) is 7.73. The van der Waals surface area contributed by atoms with Gasteiger partial charge in [-0.25, -0.2) is 4.79 Å². The van der Waals surface area contributed by atoms with Crippen LogP contribution in [0.4, 0.5) is 4.79 Å². The van der Waals surface area contributed by atoms with Gasteiger partial charge in [-0.05, 0) is 40.8 Å². The SMILES string of the molecule is O=C(NC(C(=O)CC1CCCCNC(=O)C1=O)c1ccsc1)OCc1ccccc1. The Balaban J connectivity index is 1.65. The maximum atomic E-state index is 13.0. The summed E-state index contributed by atoms with van der Waals surface area (Å²) < 4.78 is 5.24. The number of carbonyl (C=O) groups excluding carboxylic acids is 4. The molecule has 1 aromatic carbocycles. The van der Waals surface area contributed by atoms with Gasteiger partial charge in [0.15, 0.2) is 5.78 Å². The highest BCUT2D eigenvalue weighted by Crippen LogP contribution is 2.24. The molecule has 1 aromatic heterocycles. The van der Waals surface area contributed by atoms with Gasteiger partial charge in [-0.15, -0.1) is 0 Å². The Morgan fingerprint density at radius 1 is 1.17 bits per heavy atom. The zero-order chi connectivity index (χ0) is 21.3. The van der Waals surface area contributed by atoms with E-state index in [2.05, 4.69) is 10.6 Å². The molecule has 2 amide bonds. The van der Waals surface area contributed by atoms with E-state index in [1.54, 1.807) is 16.8 Å². The Morgan fingerprint density at radius 2 is 1.97 bits per heavy atom. The smallest absolute Gasteiger partial charge is 0.408 e. The third-order valence-electron chi connectivity index (χ3n) is 4.98. The number of thiophene rings is 1.